The van der Waals surface area contributed by atoms with Crippen molar-refractivity contribution in [1.29, 1.82) is 0 Å². The molecule has 0 radical (unpaired) electrons. The first-order chi connectivity index (χ1) is 9.53. The third kappa shape index (κ3) is 7.12. The number of carbonyl (C=O) groups is 1. The van der Waals surface area contributed by atoms with Gasteiger partial charge in [0.2, 0.25) is 0 Å². The molecule has 1 saturated carbocycles. The highest BCUT2D eigenvalue weighted by atomic mass is 16.5. The maximum Gasteiger partial charge on any atom is 0.333 e. The Hall–Kier alpha value is -0.790. The molecule has 0 unspecified atom stereocenters. The van der Waals surface area contributed by atoms with Gasteiger partial charge in [-0.2, -0.15) is 0 Å². The summed E-state index contributed by atoms with van der Waals surface area (Å²) in [7, 11) is 0. The van der Waals surface area contributed by atoms with E-state index in [0.717, 1.165) is 0 Å². The van der Waals surface area contributed by atoms with Crippen LogP contribution in [0.2, 0.25) is 0 Å². The van der Waals surface area contributed by atoms with Crippen molar-refractivity contribution in [2.24, 2.45) is 5.41 Å². The average molecular weight is 280 g/mol. The van der Waals surface area contributed by atoms with Gasteiger partial charge in [-0.1, -0.05) is 71.3 Å². The van der Waals surface area contributed by atoms with Crippen molar-refractivity contribution in [3.8, 4) is 0 Å². The summed E-state index contributed by atoms with van der Waals surface area (Å²) in [6, 6.07) is 0. The van der Waals surface area contributed by atoms with Gasteiger partial charge in [0.1, 0.15) is 0 Å². The molecule has 2 heteroatoms. The SMILES string of the molecule is C=C(C)C(=O)OCC1(C)CCCCCCCCCCC1. The summed E-state index contributed by atoms with van der Waals surface area (Å²) in [6.07, 6.45) is 14.4. The van der Waals surface area contributed by atoms with Crippen LogP contribution in [0.5, 0.6) is 0 Å². The number of ether oxygens (including phenoxy) is 1. The highest BCUT2D eigenvalue weighted by Gasteiger charge is 2.25. The van der Waals surface area contributed by atoms with Gasteiger partial charge in [-0.05, 0) is 19.8 Å². The molecule has 0 heterocycles. The summed E-state index contributed by atoms with van der Waals surface area (Å²) >= 11 is 0. The second-order valence-corrected chi connectivity index (χ2v) is 6.85. The van der Waals surface area contributed by atoms with Crippen molar-refractivity contribution in [2.75, 3.05) is 6.61 Å². The minimum atomic E-state index is -0.239. The molecule has 116 valence electrons. The number of hydrogen-bond donors (Lipinski definition) is 0. The van der Waals surface area contributed by atoms with E-state index in [1.807, 2.05) is 0 Å². The van der Waals surface area contributed by atoms with E-state index in [2.05, 4.69) is 13.5 Å². The zero-order chi connectivity index (χ0) is 14.8. The third-order valence-electron chi connectivity index (χ3n) is 4.46. The van der Waals surface area contributed by atoms with Crippen LogP contribution >= 0.6 is 0 Å². The van der Waals surface area contributed by atoms with E-state index in [1.165, 1.54) is 70.6 Å². The van der Waals surface area contributed by atoms with Crippen molar-refractivity contribution in [3.05, 3.63) is 12.2 Å². The minimum absolute atomic E-state index is 0.157. The fraction of sp³-hybridized carbons (Fsp3) is 0.833. The lowest BCUT2D eigenvalue weighted by molar-refractivity contribution is -0.142. The van der Waals surface area contributed by atoms with E-state index < -0.39 is 0 Å². The lowest BCUT2D eigenvalue weighted by atomic mass is 9.80. The molecule has 2 nitrogen and oxygen atoms in total. The molecule has 0 aromatic carbocycles. The van der Waals surface area contributed by atoms with Gasteiger partial charge < -0.3 is 4.74 Å². The van der Waals surface area contributed by atoms with E-state index in [9.17, 15) is 4.79 Å². The summed E-state index contributed by atoms with van der Waals surface area (Å²) in [5, 5.41) is 0. The summed E-state index contributed by atoms with van der Waals surface area (Å²) in [4.78, 5) is 11.6. The Morgan fingerprint density at radius 3 is 1.75 bits per heavy atom. The predicted molar refractivity (Wildman–Crippen MR) is 84.7 cm³/mol. The van der Waals surface area contributed by atoms with Crippen LogP contribution in [-0.4, -0.2) is 12.6 Å². The maximum atomic E-state index is 11.6. The van der Waals surface area contributed by atoms with Gasteiger partial charge >= 0.3 is 5.97 Å². The molecule has 0 atom stereocenters. The van der Waals surface area contributed by atoms with E-state index in [1.54, 1.807) is 6.92 Å². The van der Waals surface area contributed by atoms with Gasteiger partial charge in [-0.3, -0.25) is 0 Å². The Morgan fingerprint density at radius 2 is 1.35 bits per heavy atom. The first-order valence-corrected chi connectivity index (χ1v) is 8.36. The summed E-state index contributed by atoms with van der Waals surface area (Å²) in [5.74, 6) is -0.239. The third-order valence-corrected chi connectivity index (χ3v) is 4.46. The van der Waals surface area contributed by atoms with E-state index in [0.29, 0.717) is 12.2 Å². The second kappa shape index (κ2) is 9.20. The molecule has 1 rings (SSSR count). The Kier molecular flexibility index (Phi) is 7.94. The lowest BCUT2D eigenvalue weighted by Crippen LogP contribution is -2.25. The Bertz CT molecular complexity index is 295. The van der Waals surface area contributed by atoms with E-state index in [-0.39, 0.29) is 11.4 Å². The minimum Gasteiger partial charge on any atom is -0.462 e. The quantitative estimate of drug-likeness (QED) is 0.510. The number of hydrogen-bond acceptors (Lipinski definition) is 2. The molecule has 0 aliphatic heterocycles. The average Bonchev–Trinajstić information content (AvgIpc) is 2.40. The Balaban J connectivity index is 2.46. The van der Waals surface area contributed by atoms with Crippen LogP contribution in [-0.2, 0) is 9.53 Å². The van der Waals surface area contributed by atoms with Crippen LogP contribution in [0.3, 0.4) is 0 Å². The molecule has 0 aromatic heterocycles. The van der Waals surface area contributed by atoms with Crippen molar-refractivity contribution < 1.29 is 9.53 Å². The van der Waals surface area contributed by atoms with Crippen LogP contribution in [0.25, 0.3) is 0 Å². The van der Waals surface area contributed by atoms with Gasteiger partial charge in [-0.25, -0.2) is 4.79 Å². The molecule has 0 spiro atoms. The van der Waals surface area contributed by atoms with Gasteiger partial charge in [-0.15, -0.1) is 0 Å². The van der Waals surface area contributed by atoms with E-state index >= 15 is 0 Å². The molecule has 0 saturated heterocycles. The lowest BCUT2D eigenvalue weighted by Gasteiger charge is -2.29. The summed E-state index contributed by atoms with van der Waals surface area (Å²) < 4.78 is 5.43. The van der Waals surface area contributed by atoms with Crippen molar-refractivity contribution in [3.63, 3.8) is 0 Å². The smallest absolute Gasteiger partial charge is 0.333 e. The summed E-state index contributed by atoms with van der Waals surface area (Å²) in [6.45, 7) is 8.20. The standard InChI is InChI=1S/C18H32O2/c1-16(2)17(19)20-15-18(3)13-11-9-7-5-4-6-8-10-12-14-18/h1,4-15H2,2-3H3. The van der Waals surface area contributed by atoms with Crippen LogP contribution in [0.4, 0.5) is 0 Å². The fourth-order valence-electron chi connectivity index (χ4n) is 2.97. The fourth-order valence-corrected chi connectivity index (χ4v) is 2.97. The highest BCUT2D eigenvalue weighted by Crippen LogP contribution is 2.32. The second-order valence-electron chi connectivity index (χ2n) is 6.85. The van der Waals surface area contributed by atoms with Gasteiger partial charge in [0.25, 0.3) is 0 Å². The van der Waals surface area contributed by atoms with Crippen molar-refractivity contribution in [1.82, 2.24) is 0 Å². The Morgan fingerprint density at radius 1 is 0.950 bits per heavy atom. The van der Waals surface area contributed by atoms with Gasteiger partial charge in [0, 0.05) is 11.0 Å². The van der Waals surface area contributed by atoms with Crippen molar-refractivity contribution in [2.45, 2.75) is 84.5 Å². The monoisotopic (exact) mass is 280 g/mol. The zero-order valence-corrected chi connectivity index (χ0v) is 13.5. The van der Waals surface area contributed by atoms with E-state index in [4.69, 9.17) is 4.74 Å². The molecular weight excluding hydrogens is 248 g/mol. The number of rotatable bonds is 3. The number of esters is 1. The van der Waals surface area contributed by atoms with Gasteiger partial charge in [0.05, 0.1) is 6.61 Å². The zero-order valence-electron chi connectivity index (χ0n) is 13.5. The van der Waals surface area contributed by atoms with Gasteiger partial charge in [0.15, 0.2) is 0 Å². The molecule has 1 aliphatic carbocycles. The normalized spacial score (nSPS) is 21.3. The largest absolute Gasteiger partial charge is 0.462 e. The van der Waals surface area contributed by atoms with Crippen molar-refractivity contribution >= 4 is 5.97 Å². The molecule has 0 bridgehead atoms. The molecule has 0 N–H and O–H groups in total. The van der Waals surface area contributed by atoms with Crippen LogP contribution in [0, 0.1) is 5.41 Å². The first-order valence-electron chi connectivity index (χ1n) is 8.36. The molecule has 0 aromatic rings. The summed E-state index contributed by atoms with van der Waals surface area (Å²) in [5.41, 5.74) is 0.659. The molecular formula is C18H32O2. The van der Waals surface area contributed by atoms with Crippen LogP contribution in [0.15, 0.2) is 12.2 Å². The highest BCUT2D eigenvalue weighted by molar-refractivity contribution is 5.86. The Labute approximate surface area is 125 Å². The first kappa shape index (κ1) is 17.3. The topological polar surface area (TPSA) is 26.3 Å². The maximum absolute atomic E-state index is 11.6. The molecule has 1 fully saturated rings. The van der Waals surface area contributed by atoms with Crippen LogP contribution < -0.4 is 0 Å². The molecule has 0 amide bonds. The molecule has 20 heavy (non-hydrogen) atoms. The van der Waals surface area contributed by atoms with Crippen LogP contribution in [0.1, 0.15) is 84.5 Å². The molecule has 1 aliphatic rings. The predicted octanol–water partition coefficient (Wildman–Crippen LogP) is 5.42. The number of carbonyl (C=O) groups excluding carboxylic acids is 1.